The van der Waals surface area contributed by atoms with Gasteiger partial charge < -0.3 is 9.47 Å². The molecule has 0 amide bonds. The molecule has 1 aromatic heterocycles. The molecule has 0 saturated heterocycles. The minimum absolute atomic E-state index is 0.240. The van der Waals surface area contributed by atoms with Gasteiger partial charge in [-0.25, -0.2) is 4.98 Å². The van der Waals surface area contributed by atoms with E-state index in [0.717, 1.165) is 26.4 Å². The molecule has 0 aliphatic rings. The summed E-state index contributed by atoms with van der Waals surface area (Å²) in [6.45, 7) is 2.14. The van der Waals surface area contributed by atoms with E-state index in [-0.39, 0.29) is 5.56 Å². The first-order chi connectivity index (χ1) is 17.4. The van der Waals surface area contributed by atoms with Crippen LogP contribution in [0.3, 0.4) is 0 Å². The van der Waals surface area contributed by atoms with Gasteiger partial charge in [-0.1, -0.05) is 58.4 Å². The Morgan fingerprint density at radius 1 is 1.00 bits per heavy atom. The predicted molar refractivity (Wildman–Crippen MR) is 150 cm³/mol. The number of ether oxygens (including phenoxy) is 2. The van der Waals surface area contributed by atoms with Crippen LogP contribution in [-0.4, -0.2) is 23.0 Å². The standard InChI is InChI=1S/C28H21Br2N3O3/c1-17-32-25-11-10-21(29)14-23(25)28(34)33(17)31-15-18-12-24(30)27(26(13-18)35-2)36-16-20-8-5-7-19-6-3-4-9-22(19)20/h3-15H,16H2,1-2H3. The van der Waals surface area contributed by atoms with Crippen LogP contribution in [0.25, 0.3) is 21.7 Å². The van der Waals surface area contributed by atoms with Crippen LogP contribution in [0.15, 0.2) is 91.6 Å². The van der Waals surface area contributed by atoms with Crippen LogP contribution in [0.4, 0.5) is 0 Å². The third-order valence-electron chi connectivity index (χ3n) is 5.80. The van der Waals surface area contributed by atoms with E-state index in [0.29, 0.717) is 39.3 Å². The van der Waals surface area contributed by atoms with Gasteiger partial charge in [-0.15, -0.1) is 0 Å². The largest absolute Gasteiger partial charge is 0.493 e. The van der Waals surface area contributed by atoms with Crippen molar-refractivity contribution in [2.45, 2.75) is 13.5 Å². The first-order valence-electron chi connectivity index (χ1n) is 11.1. The van der Waals surface area contributed by atoms with Crippen molar-refractivity contribution in [1.29, 1.82) is 0 Å². The number of rotatable bonds is 6. The summed E-state index contributed by atoms with van der Waals surface area (Å²) in [6.07, 6.45) is 1.60. The Hall–Kier alpha value is -3.49. The van der Waals surface area contributed by atoms with Gasteiger partial charge >= 0.3 is 0 Å². The first-order valence-corrected chi connectivity index (χ1v) is 12.7. The highest BCUT2D eigenvalue weighted by Crippen LogP contribution is 2.37. The van der Waals surface area contributed by atoms with E-state index in [1.807, 2.05) is 36.4 Å². The van der Waals surface area contributed by atoms with Crippen molar-refractivity contribution < 1.29 is 9.47 Å². The smallest absolute Gasteiger partial charge is 0.282 e. The highest BCUT2D eigenvalue weighted by atomic mass is 79.9. The maximum atomic E-state index is 13.0. The van der Waals surface area contributed by atoms with Crippen LogP contribution in [-0.2, 0) is 6.61 Å². The number of fused-ring (bicyclic) bond motifs is 2. The minimum Gasteiger partial charge on any atom is -0.493 e. The Balaban J connectivity index is 1.44. The molecule has 0 radical (unpaired) electrons. The maximum Gasteiger partial charge on any atom is 0.282 e. The molecule has 5 rings (SSSR count). The second kappa shape index (κ2) is 10.2. The van der Waals surface area contributed by atoms with Crippen molar-refractivity contribution in [3.8, 4) is 11.5 Å². The summed E-state index contributed by atoms with van der Waals surface area (Å²) in [6, 6.07) is 23.5. The highest BCUT2D eigenvalue weighted by Gasteiger charge is 2.13. The minimum atomic E-state index is -0.240. The molecule has 8 heteroatoms. The predicted octanol–water partition coefficient (Wildman–Crippen LogP) is 6.85. The molecule has 0 saturated carbocycles. The average molecular weight is 607 g/mol. The molecule has 0 unspecified atom stereocenters. The lowest BCUT2D eigenvalue weighted by Crippen LogP contribution is -2.20. The Morgan fingerprint density at radius 3 is 2.64 bits per heavy atom. The fourth-order valence-corrected chi connectivity index (χ4v) is 4.98. The van der Waals surface area contributed by atoms with Crippen molar-refractivity contribution in [3.63, 3.8) is 0 Å². The van der Waals surface area contributed by atoms with E-state index in [2.05, 4.69) is 66.2 Å². The fraction of sp³-hybridized carbons (Fsp3) is 0.107. The highest BCUT2D eigenvalue weighted by molar-refractivity contribution is 9.10. The first kappa shape index (κ1) is 24.2. The van der Waals surface area contributed by atoms with Crippen LogP contribution < -0.4 is 15.0 Å². The number of methoxy groups -OCH3 is 1. The number of aryl methyl sites for hydroxylation is 1. The number of halogens is 2. The van der Waals surface area contributed by atoms with Crippen molar-refractivity contribution in [2.75, 3.05) is 7.11 Å². The molecule has 0 atom stereocenters. The zero-order valence-corrected chi connectivity index (χ0v) is 22.7. The summed E-state index contributed by atoms with van der Waals surface area (Å²) >= 11 is 7.01. The van der Waals surface area contributed by atoms with E-state index < -0.39 is 0 Å². The summed E-state index contributed by atoms with van der Waals surface area (Å²) in [4.78, 5) is 17.5. The summed E-state index contributed by atoms with van der Waals surface area (Å²) in [7, 11) is 1.59. The molecular weight excluding hydrogens is 586 g/mol. The number of hydrogen-bond acceptors (Lipinski definition) is 5. The second-order valence-corrected chi connectivity index (χ2v) is 9.91. The molecule has 6 nitrogen and oxygen atoms in total. The van der Waals surface area contributed by atoms with Crippen molar-refractivity contribution in [3.05, 3.63) is 109 Å². The van der Waals surface area contributed by atoms with Gasteiger partial charge in [0, 0.05) is 4.47 Å². The van der Waals surface area contributed by atoms with E-state index in [1.165, 1.54) is 4.68 Å². The number of benzene rings is 4. The summed E-state index contributed by atoms with van der Waals surface area (Å²) in [5.74, 6) is 1.64. The molecule has 0 N–H and O–H groups in total. The molecule has 36 heavy (non-hydrogen) atoms. The van der Waals surface area contributed by atoms with E-state index in [4.69, 9.17) is 9.47 Å². The Kier molecular flexibility index (Phi) is 6.89. The lowest BCUT2D eigenvalue weighted by atomic mass is 10.1. The van der Waals surface area contributed by atoms with Gasteiger partial charge in [-0.3, -0.25) is 4.79 Å². The number of aromatic nitrogens is 2. The topological polar surface area (TPSA) is 65.7 Å². The van der Waals surface area contributed by atoms with E-state index in [1.54, 1.807) is 32.4 Å². The Labute approximate surface area is 224 Å². The van der Waals surface area contributed by atoms with Crippen molar-refractivity contribution in [2.24, 2.45) is 5.10 Å². The Bertz CT molecular complexity index is 1690. The SMILES string of the molecule is COc1cc(C=Nn2c(C)nc3ccc(Br)cc3c2=O)cc(Br)c1OCc1cccc2ccccc12. The average Bonchev–Trinajstić information content (AvgIpc) is 2.88. The van der Waals surface area contributed by atoms with Gasteiger partial charge in [0.15, 0.2) is 11.5 Å². The second-order valence-electron chi connectivity index (χ2n) is 8.14. The van der Waals surface area contributed by atoms with Crippen molar-refractivity contribution in [1.82, 2.24) is 9.66 Å². The molecular formula is C28H21Br2N3O3. The summed E-state index contributed by atoms with van der Waals surface area (Å²) in [5, 5.41) is 7.22. The molecule has 0 aliphatic heterocycles. The molecule has 1 heterocycles. The third-order valence-corrected chi connectivity index (χ3v) is 6.88. The monoisotopic (exact) mass is 605 g/mol. The zero-order chi connectivity index (χ0) is 25.2. The molecule has 0 fully saturated rings. The quantitative estimate of drug-likeness (QED) is 0.198. The van der Waals surface area contributed by atoms with Crippen LogP contribution in [0.5, 0.6) is 11.5 Å². The van der Waals surface area contributed by atoms with Gasteiger partial charge in [0.05, 0.1) is 28.7 Å². The third kappa shape index (κ3) is 4.79. The molecule has 0 bridgehead atoms. The number of nitrogens with zero attached hydrogens (tertiary/aromatic N) is 3. The van der Waals surface area contributed by atoms with Crippen LogP contribution in [0.2, 0.25) is 0 Å². The normalized spacial score (nSPS) is 11.4. The van der Waals surface area contributed by atoms with Gasteiger partial charge in [0.25, 0.3) is 5.56 Å². The molecule has 0 aliphatic carbocycles. The van der Waals surface area contributed by atoms with Gasteiger partial charge in [-0.05, 0) is 75.1 Å². The van der Waals surface area contributed by atoms with Crippen molar-refractivity contribution >= 4 is 59.7 Å². The lowest BCUT2D eigenvalue weighted by molar-refractivity contribution is 0.283. The fourth-order valence-electron chi connectivity index (χ4n) is 4.04. The molecule has 4 aromatic carbocycles. The van der Waals surface area contributed by atoms with Gasteiger partial charge in [0.2, 0.25) is 0 Å². The maximum absolute atomic E-state index is 13.0. The lowest BCUT2D eigenvalue weighted by Gasteiger charge is -2.14. The Morgan fingerprint density at radius 2 is 1.81 bits per heavy atom. The van der Waals surface area contributed by atoms with Crippen LogP contribution >= 0.6 is 31.9 Å². The van der Waals surface area contributed by atoms with E-state index >= 15 is 0 Å². The zero-order valence-electron chi connectivity index (χ0n) is 19.5. The number of hydrogen-bond donors (Lipinski definition) is 0. The van der Waals surface area contributed by atoms with Crippen LogP contribution in [0, 0.1) is 6.92 Å². The summed E-state index contributed by atoms with van der Waals surface area (Å²) in [5.41, 5.74) is 2.20. The van der Waals surface area contributed by atoms with Gasteiger partial charge in [-0.2, -0.15) is 9.78 Å². The molecule has 180 valence electrons. The van der Waals surface area contributed by atoms with Gasteiger partial charge in [0.1, 0.15) is 12.4 Å². The summed E-state index contributed by atoms with van der Waals surface area (Å²) < 4.78 is 14.6. The van der Waals surface area contributed by atoms with E-state index in [9.17, 15) is 4.79 Å². The molecule has 0 spiro atoms. The van der Waals surface area contributed by atoms with Crippen LogP contribution in [0.1, 0.15) is 17.0 Å². The molecule has 5 aromatic rings.